The zero-order chi connectivity index (χ0) is 15.4. The SMILES string of the molecule is CCC(C)c1ccc(C(NC)c2ccc(F)c(Br)c2)cc1. The summed E-state index contributed by atoms with van der Waals surface area (Å²) in [6.07, 6.45) is 1.14. The van der Waals surface area contributed by atoms with E-state index in [9.17, 15) is 4.39 Å². The van der Waals surface area contributed by atoms with Crippen molar-refractivity contribution in [3.63, 3.8) is 0 Å². The molecule has 0 aliphatic rings. The van der Waals surface area contributed by atoms with Gasteiger partial charge in [-0.3, -0.25) is 0 Å². The zero-order valence-corrected chi connectivity index (χ0v) is 14.2. The molecule has 0 saturated heterocycles. The Morgan fingerprint density at radius 3 is 2.14 bits per heavy atom. The smallest absolute Gasteiger partial charge is 0.137 e. The molecular weight excluding hydrogens is 329 g/mol. The predicted molar refractivity (Wildman–Crippen MR) is 90.2 cm³/mol. The van der Waals surface area contributed by atoms with E-state index in [1.165, 1.54) is 17.2 Å². The van der Waals surface area contributed by atoms with Gasteiger partial charge >= 0.3 is 0 Å². The summed E-state index contributed by atoms with van der Waals surface area (Å²) < 4.78 is 13.9. The van der Waals surface area contributed by atoms with Crippen molar-refractivity contribution in [2.75, 3.05) is 7.05 Å². The quantitative estimate of drug-likeness (QED) is 0.760. The largest absolute Gasteiger partial charge is 0.309 e. The van der Waals surface area contributed by atoms with Crippen LogP contribution in [0.1, 0.15) is 48.9 Å². The average Bonchev–Trinajstić information content (AvgIpc) is 2.51. The second-order valence-corrected chi connectivity index (χ2v) is 6.23. The molecule has 21 heavy (non-hydrogen) atoms. The first-order valence-electron chi connectivity index (χ1n) is 7.28. The standard InChI is InChI=1S/C18H21BrFN/c1-4-12(2)13-5-7-14(8-6-13)18(21-3)15-9-10-17(20)16(19)11-15/h5-12,18,21H,4H2,1-3H3. The van der Waals surface area contributed by atoms with Crippen molar-refractivity contribution in [1.82, 2.24) is 5.32 Å². The van der Waals surface area contributed by atoms with Crippen molar-refractivity contribution >= 4 is 15.9 Å². The summed E-state index contributed by atoms with van der Waals surface area (Å²) in [4.78, 5) is 0. The molecule has 112 valence electrons. The maximum Gasteiger partial charge on any atom is 0.137 e. The molecule has 0 aromatic heterocycles. The van der Waals surface area contributed by atoms with E-state index in [0.29, 0.717) is 10.4 Å². The van der Waals surface area contributed by atoms with E-state index >= 15 is 0 Å². The van der Waals surface area contributed by atoms with Gasteiger partial charge in [0.05, 0.1) is 10.5 Å². The summed E-state index contributed by atoms with van der Waals surface area (Å²) in [6.45, 7) is 4.44. The highest BCUT2D eigenvalue weighted by atomic mass is 79.9. The highest BCUT2D eigenvalue weighted by Gasteiger charge is 2.14. The average molecular weight is 350 g/mol. The topological polar surface area (TPSA) is 12.0 Å². The van der Waals surface area contributed by atoms with Crippen LogP contribution < -0.4 is 5.32 Å². The molecule has 0 aliphatic heterocycles. The van der Waals surface area contributed by atoms with Gasteiger partial charge in [-0.15, -0.1) is 0 Å². The first-order chi connectivity index (χ1) is 10.1. The maximum absolute atomic E-state index is 13.4. The molecule has 3 heteroatoms. The van der Waals surface area contributed by atoms with Crippen molar-refractivity contribution in [3.8, 4) is 0 Å². The minimum absolute atomic E-state index is 0.0629. The molecule has 0 fully saturated rings. The van der Waals surface area contributed by atoms with E-state index in [4.69, 9.17) is 0 Å². The van der Waals surface area contributed by atoms with Gasteiger partial charge in [0, 0.05) is 0 Å². The molecule has 0 heterocycles. The van der Waals surface area contributed by atoms with Crippen LogP contribution in [0.25, 0.3) is 0 Å². The molecular formula is C18H21BrFN. The Morgan fingerprint density at radius 1 is 1.05 bits per heavy atom. The van der Waals surface area contributed by atoms with Crippen LogP contribution in [-0.2, 0) is 0 Å². The number of hydrogen-bond donors (Lipinski definition) is 1. The minimum Gasteiger partial charge on any atom is -0.309 e. The third-order valence-electron chi connectivity index (χ3n) is 4.02. The first kappa shape index (κ1) is 16.2. The lowest BCUT2D eigenvalue weighted by molar-refractivity contribution is 0.616. The molecule has 0 bridgehead atoms. The van der Waals surface area contributed by atoms with E-state index in [0.717, 1.165) is 12.0 Å². The van der Waals surface area contributed by atoms with E-state index in [-0.39, 0.29) is 11.9 Å². The Kier molecular flexibility index (Phi) is 5.54. The predicted octanol–water partition coefficient (Wildman–Crippen LogP) is 5.41. The third-order valence-corrected chi connectivity index (χ3v) is 4.62. The molecule has 2 atom stereocenters. The van der Waals surface area contributed by atoms with Gasteiger partial charge in [0.25, 0.3) is 0 Å². The van der Waals surface area contributed by atoms with E-state index in [1.54, 1.807) is 0 Å². The summed E-state index contributed by atoms with van der Waals surface area (Å²) in [6, 6.07) is 13.9. The summed E-state index contributed by atoms with van der Waals surface area (Å²) in [5.74, 6) is 0.341. The molecule has 0 amide bonds. The Balaban J connectivity index is 2.30. The van der Waals surface area contributed by atoms with Crippen LogP contribution >= 0.6 is 15.9 Å². The van der Waals surface area contributed by atoms with Crippen LogP contribution in [0.5, 0.6) is 0 Å². The van der Waals surface area contributed by atoms with Crippen LogP contribution in [0.15, 0.2) is 46.9 Å². The fourth-order valence-electron chi connectivity index (χ4n) is 2.47. The molecule has 0 aliphatic carbocycles. The minimum atomic E-state index is -0.235. The van der Waals surface area contributed by atoms with Gasteiger partial charge in [0.15, 0.2) is 0 Å². The summed E-state index contributed by atoms with van der Waals surface area (Å²) >= 11 is 3.25. The van der Waals surface area contributed by atoms with E-state index in [1.807, 2.05) is 19.2 Å². The highest BCUT2D eigenvalue weighted by Crippen LogP contribution is 2.27. The second-order valence-electron chi connectivity index (χ2n) is 5.37. The molecule has 0 saturated carbocycles. The lowest BCUT2D eigenvalue weighted by Crippen LogP contribution is -2.17. The molecule has 1 nitrogen and oxygen atoms in total. The van der Waals surface area contributed by atoms with Gasteiger partial charge < -0.3 is 5.32 Å². The van der Waals surface area contributed by atoms with Crippen molar-refractivity contribution < 1.29 is 4.39 Å². The van der Waals surface area contributed by atoms with Gasteiger partial charge in [-0.25, -0.2) is 4.39 Å². The van der Waals surface area contributed by atoms with Gasteiger partial charge in [-0.2, -0.15) is 0 Å². The molecule has 0 spiro atoms. The molecule has 0 radical (unpaired) electrons. The Hall–Kier alpha value is -1.19. The lowest BCUT2D eigenvalue weighted by Gasteiger charge is -2.19. The summed E-state index contributed by atoms with van der Waals surface area (Å²) in [7, 11) is 1.92. The van der Waals surface area contributed by atoms with Crippen molar-refractivity contribution in [1.29, 1.82) is 0 Å². The molecule has 2 unspecified atom stereocenters. The maximum atomic E-state index is 13.4. The van der Waals surface area contributed by atoms with Crippen molar-refractivity contribution in [2.24, 2.45) is 0 Å². The van der Waals surface area contributed by atoms with Gasteiger partial charge in [0.1, 0.15) is 5.82 Å². The molecule has 2 aromatic rings. The third kappa shape index (κ3) is 3.72. The van der Waals surface area contributed by atoms with Gasteiger partial charge in [0.2, 0.25) is 0 Å². The van der Waals surface area contributed by atoms with E-state index in [2.05, 4.69) is 59.4 Å². The Bertz CT molecular complexity index is 595. The fraction of sp³-hybridized carbons (Fsp3) is 0.333. The summed E-state index contributed by atoms with van der Waals surface area (Å²) in [5, 5.41) is 3.30. The fourth-order valence-corrected chi connectivity index (χ4v) is 2.87. The second kappa shape index (κ2) is 7.19. The van der Waals surface area contributed by atoms with Crippen LogP contribution in [0, 0.1) is 5.82 Å². The van der Waals surface area contributed by atoms with Crippen molar-refractivity contribution in [2.45, 2.75) is 32.2 Å². The molecule has 2 rings (SSSR count). The Morgan fingerprint density at radius 2 is 1.62 bits per heavy atom. The number of halogens is 2. The number of rotatable bonds is 5. The number of benzene rings is 2. The van der Waals surface area contributed by atoms with Crippen molar-refractivity contribution in [3.05, 3.63) is 69.4 Å². The highest BCUT2D eigenvalue weighted by molar-refractivity contribution is 9.10. The Labute approximate surface area is 134 Å². The monoisotopic (exact) mass is 349 g/mol. The normalized spacial score (nSPS) is 14.0. The van der Waals surface area contributed by atoms with Crippen LogP contribution in [0.3, 0.4) is 0 Å². The zero-order valence-electron chi connectivity index (χ0n) is 12.7. The first-order valence-corrected chi connectivity index (χ1v) is 8.08. The summed E-state index contributed by atoms with van der Waals surface area (Å²) in [5.41, 5.74) is 3.58. The van der Waals surface area contributed by atoms with Crippen LogP contribution in [0.4, 0.5) is 4.39 Å². The van der Waals surface area contributed by atoms with Crippen LogP contribution in [-0.4, -0.2) is 7.05 Å². The van der Waals surface area contributed by atoms with E-state index < -0.39 is 0 Å². The van der Waals surface area contributed by atoms with Gasteiger partial charge in [-0.1, -0.05) is 44.2 Å². The van der Waals surface area contributed by atoms with Crippen LogP contribution in [0.2, 0.25) is 0 Å². The molecule has 2 aromatic carbocycles. The number of nitrogens with one attached hydrogen (secondary N) is 1. The lowest BCUT2D eigenvalue weighted by atomic mass is 9.94. The van der Waals surface area contributed by atoms with Gasteiger partial charge in [-0.05, 0) is 64.1 Å². The number of hydrogen-bond acceptors (Lipinski definition) is 1. The molecule has 1 N–H and O–H groups in total.